The summed E-state index contributed by atoms with van der Waals surface area (Å²) in [6, 6.07) is 9.36. The van der Waals surface area contributed by atoms with E-state index in [-0.39, 0.29) is 5.78 Å². The van der Waals surface area contributed by atoms with Crippen LogP contribution in [0.3, 0.4) is 0 Å². The fourth-order valence-electron chi connectivity index (χ4n) is 2.20. The van der Waals surface area contributed by atoms with Crippen LogP contribution in [0.5, 0.6) is 0 Å². The normalized spacial score (nSPS) is 10.7. The van der Waals surface area contributed by atoms with Crippen molar-refractivity contribution in [2.75, 3.05) is 0 Å². The molecule has 0 aliphatic rings. The van der Waals surface area contributed by atoms with Crippen molar-refractivity contribution in [1.82, 2.24) is 4.98 Å². The number of carbonyl (C=O) groups excluding carboxylic acids is 1. The Morgan fingerprint density at radius 2 is 2.10 bits per heavy atom. The predicted octanol–water partition coefficient (Wildman–Crippen LogP) is 3.95. The number of ketones is 1. The summed E-state index contributed by atoms with van der Waals surface area (Å²) < 4.78 is 0. The lowest BCUT2D eigenvalue weighted by Gasteiger charge is -1.97. The molecule has 0 atom stereocenters. The average Bonchev–Trinajstić information content (AvgIpc) is 3.01. The van der Waals surface area contributed by atoms with Crippen LogP contribution in [0.1, 0.15) is 31.2 Å². The number of nitrogens with zero attached hydrogens (tertiary/aromatic N) is 1. The maximum absolute atomic E-state index is 12.6. The summed E-state index contributed by atoms with van der Waals surface area (Å²) in [6.07, 6.45) is 1.72. The number of nitrogens with one attached hydrogen (secondary N) is 1. The number of thiophene rings is 1. The van der Waals surface area contributed by atoms with Gasteiger partial charge in [-0.05, 0) is 43.7 Å². The van der Waals surface area contributed by atoms with Crippen LogP contribution in [0.2, 0.25) is 0 Å². The largest absolute Gasteiger partial charge is 0.360 e. The fraction of sp³-hybridized carbons (Fsp3) is 0.125. The molecule has 3 aromatic rings. The molecule has 0 amide bonds. The van der Waals surface area contributed by atoms with E-state index in [1.807, 2.05) is 26.0 Å². The molecule has 1 aromatic carbocycles. The second-order valence-corrected chi connectivity index (χ2v) is 6.01. The Labute approximate surface area is 120 Å². The molecule has 0 aliphatic heterocycles. The molecule has 0 aliphatic carbocycles. The number of H-pyrrole nitrogens is 1. The van der Waals surface area contributed by atoms with Gasteiger partial charge in [0.15, 0.2) is 0 Å². The molecule has 0 saturated carbocycles. The number of hydrogen-bond acceptors (Lipinski definition) is 3. The van der Waals surface area contributed by atoms with Gasteiger partial charge in [-0.1, -0.05) is 0 Å². The minimum absolute atomic E-state index is 0.00698. The van der Waals surface area contributed by atoms with Crippen LogP contribution in [0.15, 0.2) is 30.5 Å². The Morgan fingerprint density at radius 3 is 2.75 bits per heavy atom. The summed E-state index contributed by atoms with van der Waals surface area (Å²) in [4.78, 5) is 17.6. The maximum Gasteiger partial charge on any atom is 0.205 e. The van der Waals surface area contributed by atoms with Gasteiger partial charge in [-0.2, -0.15) is 5.26 Å². The lowest BCUT2D eigenvalue weighted by atomic mass is 10.1. The Balaban J connectivity index is 2.14. The van der Waals surface area contributed by atoms with Gasteiger partial charge in [-0.15, -0.1) is 11.3 Å². The second kappa shape index (κ2) is 4.62. The molecule has 20 heavy (non-hydrogen) atoms. The van der Waals surface area contributed by atoms with E-state index in [0.717, 1.165) is 26.2 Å². The summed E-state index contributed by atoms with van der Waals surface area (Å²) in [6.45, 7) is 4.02. The van der Waals surface area contributed by atoms with Crippen LogP contribution in [-0.2, 0) is 0 Å². The van der Waals surface area contributed by atoms with Gasteiger partial charge in [0.1, 0.15) is 0 Å². The second-order valence-electron chi connectivity index (χ2n) is 4.75. The van der Waals surface area contributed by atoms with Crippen molar-refractivity contribution in [2.45, 2.75) is 13.8 Å². The quantitative estimate of drug-likeness (QED) is 0.723. The number of hydrogen-bond donors (Lipinski definition) is 1. The zero-order valence-corrected chi connectivity index (χ0v) is 12.0. The first-order chi connectivity index (χ1) is 9.60. The minimum atomic E-state index is 0.00698. The summed E-state index contributed by atoms with van der Waals surface area (Å²) in [7, 11) is 0. The highest BCUT2D eigenvalue weighted by Gasteiger charge is 2.17. The van der Waals surface area contributed by atoms with E-state index < -0.39 is 0 Å². The zero-order valence-electron chi connectivity index (χ0n) is 11.2. The van der Waals surface area contributed by atoms with Crippen LogP contribution in [0.4, 0.5) is 0 Å². The fourth-order valence-corrected chi connectivity index (χ4v) is 3.18. The molecular weight excluding hydrogens is 268 g/mol. The first kappa shape index (κ1) is 12.6. The predicted molar refractivity (Wildman–Crippen MR) is 80.2 cm³/mol. The summed E-state index contributed by atoms with van der Waals surface area (Å²) in [5.74, 6) is 0.00698. The summed E-state index contributed by atoms with van der Waals surface area (Å²) >= 11 is 1.51. The molecule has 1 N–H and O–H groups in total. The van der Waals surface area contributed by atoms with Crippen LogP contribution < -0.4 is 0 Å². The molecule has 98 valence electrons. The topological polar surface area (TPSA) is 56.6 Å². The van der Waals surface area contributed by atoms with E-state index in [9.17, 15) is 4.79 Å². The third kappa shape index (κ3) is 1.93. The van der Waals surface area contributed by atoms with Crippen molar-refractivity contribution < 1.29 is 4.79 Å². The number of benzene rings is 1. The number of rotatable bonds is 2. The first-order valence-electron chi connectivity index (χ1n) is 6.23. The Kier molecular flexibility index (Phi) is 2.92. The number of aromatic nitrogens is 1. The van der Waals surface area contributed by atoms with Gasteiger partial charge in [-0.3, -0.25) is 4.79 Å². The minimum Gasteiger partial charge on any atom is -0.360 e. The number of carbonyl (C=O) groups is 1. The van der Waals surface area contributed by atoms with Crippen molar-refractivity contribution in [1.29, 1.82) is 5.26 Å². The van der Waals surface area contributed by atoms with Gasteiger partial charge in [0.25, 0.3) is 0 Å². The highest BCUT2D eigenvalue weighted by molar-refractivity contribution is 7.14. The monoisotopic (exact) mass is 280 g/mol. The van der Waals surface area contributed by atoms with E-state index >= 15 is 0 Å². The van der Waals surface area contributed by atoms with Crippen molar-refractivity contribution in [3.05, 3.63) is 56.9 Å². The zero-order chi connectivity index (χ0) is 14.3. The lowest BCUT2D eigenvalue weighted by molar-refractivity contribution is 0.104. The lowest BCUT2D eigenvalue weighted by Crippen LogP contribution is -1.97. The van der Waals surface area contributed by atoms with E-state index in [0.29, 0.717) is 11.1 Å². The van der Waals surface area contributed by atoms with Gasteiger partial charge >= 0.3 is 0 Å². The number of fused-ring (bicyclic) bond motifs is 1. The maximum atomic E-state index is 12.6. The number of aryl methyl sites for hydroxylation is 2. The van der Waals surface area contributed by atoms with E-state index in [1.54, 1.807) is 18.3 Å². The van der Waals surface area contributed by atoms with Gasteiger partial charge in [0.2, 0.25) is 5.78 Å². The Hall–Kier alpha value is -2.38. The van der Waals surface area contributed by atoms with Gasteiger partial charge < -0.3 is 4.98 Å². The van der Waals surface area contributed by atoms with Gasteiger partial charge in [-0.25, -0.2) is 0 Å². The smallest absolute Gasteiger partial charge is 0.205 e. The van der Waals surface area contributed by atoms with Crippen molar-refractivity contribution in [3.8, 4) is 6.07 Å². The van der Waals surface area contributed by atoms with E-state index in [2.05, 4.69) is 11.1 Å². The Morgan fingerprint density at radius 1 is 1.30 bits per heavy atom. The third-order valence-electron chi connectivity index (χ3n) is 3.45. The van der Waals surface area contributed by atoms with E-state index in [1.165, 1.54) is 11.3 Å². The standard InChI is InChI=1S/C16H12N2OS/c1-9-5-15(20-10(9)2)16(19)13-8-18-14-4-3-11(7-17)6-12(13)14/h3-6,8,18H,1-2H3. The molecule has 0 fully saturated rings. The molecule has 0 saturated heterocycles. The molecule has 2 heterocycles. The van der Waals surface area contributed by atoms with E-state index in [4.69, 9.17) is 5.26 Å². The SMILES string of the molecule is Cc1cc(C(=O)c2c[nH]c3ccc(C#N)cc23)sc1C. The molecular formula is C16H12N2OS. The molecule has 2 aromatic heterocycles. The molecule has 4 heteroatoms. The molecule has 0 bridgehead atoms. The van der Waals surface area contributed by atoms with Crippen LogP contribution in [-0.4, -0.2) is 10.8 Å². The van der Waals surface area contributed by atoms with Gasteiger partial charge in [0, 0.05) is 27.5 Å². The summed E-state index contributed by atoms with van der Waals surface area (Å²) in [5, 5.41) is 9.78. The highest BCUT2D eigenvalue weighted by Crippen LogP contribution is 2.27. The van der Waals surface area contributed by atoms with Gasteiger partial charge in [0.05, 0.1) is 16.5 Å². The number of nitriles is 1. The molecule has 0 radical (unpaired) electrons. The van der Waals surface area contributed by atoms with Crippen molar-refractivity contribution in [2.24, 2.45) is 0 Å². The highest BCUT2D eigenvalue weighted by atomic mass is 32.1. The third-order valence-corrected chi connectivity index (χ3v) is 4.60. The average molecular weight is 280 g/mol. The molecule has 3 nitrogen and oxygen atoms in total. The van der Waals surface area contributed by atoms with Crippen molar-refractivity contribution >= 4 is 28.0 Å². The number of aromatic amines is 1. The first-order valence-corrected chi connectivity index (χ1v) is 7.05. The van der Waals surface area contributed by atoms with Crippen LogP contribution in [0.25, 0.3) is 10.9 Å². The molecule has 3 rings (SSSR count). The van der Waals surface area contributed by atoms with Crippen LogP contribution >= 0.6 is 11.3 Å². The van der Waals surface area contributed by atoms with Crippen molar-refractivity contribution in [3.63, 3.8) is 0 Å². The molecule has 0 unspecified atom stereocenters. The Bertz CT molecular complexity index is 845. The summed E-state index contributed by atoms with van der Waals surface area (Å²) in [5.41, 5.74) is 3.19. The van der Waals surface area contributed by atoms with Crippen LogP contribution in [0, 0.1) is 25.2 Å². The molecule has 0 spiro atoms.